The number of hydrogen-bond donors (Lipinski definition) is 2. The van der Waals surface area contributed by atoms with Gasteiger partial charge >= 0.3 is 5.69 Å². The lowest BCUT2D eigenvalue weighted by atomic mass is 10.2. The van der Waals surface area contributed by atoms with Crippen molar-refractivity contribution in [1.29, 1.82) is 0 Å². The Kier molecular flexibility index (Phi) is 5.21. The van der Waals surface area contributed by atoms with Crippen LogP contribution in [0.25, 0.3) is 0 Å². The van der Waals surface area contributed by atoms with Gasteiger partial charge in [-0.25, -0.2) is 8.42 Å². The molecule has 0 fully saturated rings. The molecule has 24 heavy (non-hydrogen) atoms. The minimum atomic E-state index is -4.21. The van der Waals surface area contributed by atoms with E-state index in [0.717, 1.165) is 12.1 Å². The van der Waals surface area contributed by atoms with Crippen molar-refractivity contribution >= 4 is 48.9 Å². The van der Waals surface area contributed by atoms with Gasteiger partial charge in [-0.2, -0.15) is 0 Å². The molecule has 11 heteroatoms. The van der Waals surface area contributed by atoms with Gasteiger partial charge in [0.2, 0.25) is 5.75 Å². The Bertz CT molecular complexity index is 919. The van der Waals surface area contributed by atoms with Crippen molar-refractivity contribution in [2.45, 2.75) is 4.90 Å². The summed E-state index contributed by atoms with van der Waals surface area (Å²) in [5.74, 6) is -0.788. The molecule has 8 nitrogen and oxygen atoms in total. The molecule has 0 heterocycles. The quantitative estimate of drug-likeness (QED) is 0.419. The number of nitro benzene ring substituents is 1. The maximum absolute atomic E-state index is 12.5. The largest absolute Gasteiger partial charge is 0.501 e. The van der Waals surface area contributed by atoms with Crippen LogP contribution in [-0.2, 0) is 10.0 Å². The number of nitro groups is 1. The molecule has 0 aliphatic heterocycles. The predicted molar refractivity (Wildman–Crippen MR) is 91.3 cm³/mol. The second kappa shape index (κ2) is 6.83. The van der Waals surface area contributed by atoms with Crippen LogP contribution in [0, 0.1) is 10.1 Å². The summed E-state index contributed by atoms with van der Waals surface area (Å²) in [5.41, 5.74) is -1.14. The van der Waals surface area contributed by atoms with Crippen LogP contribution in [0.15, 0.2) is 39.7 Å². The SMILES string of the molecule is COc1ccc(Br)cc1S(=O)(=O)Nc1cc(Cl)cc([N+](=O)[O-])c1O. The van der Waals surface area contributed by atoms with Crippen molar-refractivity contribution in [1.82, 2.24) is 0 Å². The third kappa shape index (κ3) is 3.71. The number of ether oxygens (including phenoxy) is 1. The highest BCUT2D eigenvalue weighted by molar-refractivity contribution is 9.10. The maximum atomic E-state index is 12.5. The highest BCUT2D eigenvalue weighted by Crippen LogP contribution is 2.39. The number of aromatic hydroxyl groups is 1. The summed E-state index contributed by atoms with van der Waals surface area (Å²) >= 11 is 8.89. The second-order valence-corrected chi connectivity index (χ2v) is 7.48. The molecule has 2 rings (SSSR count). The van der Waals surface area contributed by atoms with E-state index < -0.39 is 32.1 Å². The average Bonchev–Trinajstić information content (AvgIpc) is 2.50. The molecule has 0 aromatic heterocycles. The van der Waals surface area contributed by atoms with Crippen molar-refractivity contribution in [2.24, 2.45) is 0 Å². The van der Waals surface area contributed by atoms with E-state index in [0.29, 0.717) is 4.47 Å². The number of nitrogens with one attached hydrogen (secondary N) is 1. The van der Waals surface area contributed by atoms with Crippen LogP contribution < -0.4 is 9.46 Å². The minimum absolute atomic E-state index is 0.0571. The van der Waals surface area contributed by atoms with Gasteiger partial charge in [0, 0.05) is 15.6 Å². The molecule has 0 spiro atoms. The third-order valence-corrected chi connectivity index (χ3v) is 5.01. The molecule has 0 unspecified atom stereocenters. The highest BCUT2D eigenvalue weighted by Gasteiger charge is 2.25. The van der Waals surface area contributed by atoms with Gasteiger partial charge < -0.3 is 9.84 Å². The molecule has 2 aromatic carbocycles. The maximum Gasteiger partial charge on any atom is 0.314 e. The van der Waals surface area contributed by atoms with Crippen LogP contribution in [0.3, 0.4) is 0 Å². The molecular weight excluding hydrogens is 428 g/mol. The molecule has 0 bridgehead atoms. The van der Waals surface area contributed by atoms with Crippen LogP contribution >= 0.6 is 27.5 Å². The molecule has 2 aromatic rings. The first-order chi connectivity index (χ1) is 11.2. The summed E-state index contributed by atoms with van der Waals surface area (Å²) in [6, 6.07) is 6.27. The number of anilines is 1. The lowest BCUT2D eigenvalue weighted by Gasteiger charge is -2.13. The zero-order valence-electron chi connectivity index (χ0n) is 12.0. The molecule has 0 saturated heterocycles. The fourth-order valence-electron chi connectivity index (χ4n) is 1.86. The van der Waals surface area contributed by atoms with Gasteiger partial charge in [-0.05, 0) is 24.3 Å². The van der Waals surface area contributed by atoms with E-state index in [1.165, 1.54) is 19.2 Å². The lowest BCUT2D eigenvalue weighted by Crippen LogP contribution is -2.14. The topological polar surface area (TPSA) is 119 Å². The summed E-state index contributed by atoms with van der Waals surface area (Å²) in [7, 11) is -2.91. The molecule has 2 N–H and O–H groups in total. The van der Waals surface area contributed by atoms with Gasteiger partial charge in [-0.1, -0.05) is 27.5 Å². The van der Waals surface area contributed by atoms with Crippen LogP contribution in [0.5, 0.6) is 11.5 Å². The van der Waals surface area contributed by atoms with E-state index in [2.05, 4.69) is 20.7 Å². The molecule has 0 radical (unpaired) electrons. The number of methoxy groups -OCH3 is 1. The molecule has 0 amide bonds. The summed E-state index contributed by atoms with van der Waals surface area (Å²) in [6.07, 6.45) is 0. The zero-order chi connectivity index (χ0) is 18.1. The van der Waals surface area contributed by atoms with Crippen molar-refractivity contribution in [3.8, 4) is 11.5 Å². The molecule has 0 aliphatic carbocycles. The van der Waals surface area contributed by atoms with E-state index in [1.807, 2.05) is 0 Å². The van der Waals surface area contributed by atoms with E-state index in [4.69, 9.17) is 16.3 Å². The van der Waals surface area contributed by atoms with Crippen molar-refractivity contribution in [3.63, 3.8) is 0 Å². The van der Waals surface area contributed by atoms with E-state index >= 15 is 0 Å². The normalized spacial score (nSPS) is 11.1. The Morgan fingerprint density at radius 3 is 2.58 bits per heavy atom. The van der Waals surface area contributed by atoms with Crippen molar-refractivity contribution in [2.75, 3.05) is 11.8 Å². The monoisotopic (exact) mass is 436 g/mol. The average molecular weight is 438 g/mol. The Labute approximate surface area is 150 Å². The van der Waals surface area contributed by atoms with Crippen LogP contribution in [0.1, 0.15) is 0 Å². The molecule has 0 atom stereocenters. The Morgan fingerprint density at radius 2 is 2.00 bits per heavy atom. The van der Waals surface area contributed by atoms with E-state index in [1.54, 1.807) is 6.07 Å². The number of phenolic OH excluding ortho intramolecular Hbond substituents is 1. The van der Waals surface area contributed by atoms with Crippen LogP contribution in [0.2, 0.25) is 5.02 Å². The summed E-state index contributed by atoms with van der Waals surface area (Å²) in [6.45, 7) is 0. The highest BCUT2D eigenvalue weighted by atomic mass is 79.9. The van der Waals surface area contributed by atoms with E-state index in [-0.39, 0.29) is 15.7 Å². The summed E-state index contributed by atoms with van der Waals surface area (Å²) in [4.78, 5) is 9.79. The van der Waals surface area contributed by atoms with Gasteiger partial charge in [0.15, 0.2) is 0 Å². The summed E-state index contributed by atoms with van der Waals surface area (Å²) < 4.78 is 32.6. The van der Waals surface area contributed by atoms with Gasteiger partial charge in [0.05, 0.1) is 17.7 Å². The van der Waals surface area contributed by atoms with Crippen molar-refractivity contribution < 1.29 is 23.2 Å². The third-order valence-electron chi connectivity index (χ3n) is 2.91. The number of sulfonamides is 1. The number of rotatable bonds is 5. The number of phenols is 1. The molecule has 0 aliphatic rings. The molecule has 128 valence electrons. The fraction of sp³-hybridized carbons (Fsp3) is 0.0769. The Balaban J connectivity index is 2.55. The zero-order valence-corrected chi connectivity index (χ0v) is 15.1. The molecular formula is C13H10BrClN2O6S. The minimum Gasteiger partial charge on any atom is -0.501 e. The van der Waals surface area contributed by atoms with Gasteiger partial charge in [-0.15, -0.1) is 0 Å². The molecule has 0 saturated carbocycles. The number of benzene rings is 2. The number of halogens is 2. The van der Waals surface area contributed by atoms with E-state index in [9.17, 15) is 23.6 Å². The first-order valence-corrected chi connectivity index (χ1v) is 8.84. The Hall–Kier alpha value is -2.04. The Morgan fingerprint density at radius 1 is 1.33 bits per heavy atom. The number of hydrogen-bond acceptors (Lipinski definition) is 6. The first-order valence-electron chi connectivity index (χ1n) is 6.19. The van der Waals surface area contributed by atoms with Crippen LogP contribution in [0.4, 0.5) is 11.4 Å². The second-order valence-electron chi connectivity index (χ2n) is 4.48. The van der Waals surface area contributed by atoms with Crippen molar-refractivity contribution in [3.05, 3.63) is 49.9 Å². The number of nitrogens with zero attached hydrogens (tertiary/aromatic N) is 1. The van der Waals surface area contributed by atoms with Gasteiger partial charge in [0.25, 0.3) is 10.0 Å². The van der Waals surface area contributed by atoms with Crippen LogP contribution in [-0.4, -0.2) is 25.6 Å². The van der Waals surface area contributed by atoms with Gasteiger partial charge in [-0.3, -0.25) is 14.8 Å². The smallest absolute Gasteiger partial charge is 0.314 e. The summed E-state index contributed by atoms with van der Waals surface area (Å²) in [5, 5.41) is 20.7. The fourth-order valence-corrected chi connectivity index (χ4v) is 3.84. The predicted octanol–water partition coefficient (Wildman–Crippen LogP) is 3.53. The van der Waals surface area contributed by atoms with Gasteiger partial charge in [0.1, 0.15) is 10.6 Å². The standard InChI is InChI=1S/C13H10BrClN2O6S/c1-23-11-3-2-7(14)4-12(11)24(21,22)16-9-5-8(15)6-10(13(9)18)17(19)20/h2-6,16,18H,1H3. The first kappa shape index (κ1) is 18.3. The lowest BCUT2D eigenvalue weighted by molar-refractivity contribution is -0.385.